The Morgan fingerprint density at radius 3 is 2.76 bits per heavy atom. The number of rotatable bonds is 4. The Kier molecular flexibility index (Phi) is 5.57. The van der Waals surface area contributed by atoms with Crippen molar-refractivity contribution in [1.29, 1.82) is 0 Å². The molecule has 0 radical (unpaired) electrons. The maximum Gasteiger partial charge on any atom is 0.270 e. The number of amides is 1. The molecule has 29 heavy (non-hydrogen) atoms. The van der Waals surface area contributed by atoms with Gasteiger partial charge in [-0.25, -0.2) is 4.98 Å². The normalized spacial score (nSPS) is 27.2. The van der Waals surface area contributed by atoms with Crippen LogP contribution in [0.4, 0.5) is 0 Å². The van der Waals surface area contributed by atoms with Crippen LogP contribution in [-0.4, -0.2) is 76.1 Å². The standard InChI is InChI=1S/C22H29N3O4/c1-21(28)15-22(8-10-25(11-9-22)12-13-26)29-14-19(21)24-20(27)18-7-6-16-4-2-3-5-17(16)23-18/h2-7,19,26,28H,8-15H2,1H3,(H,24,27)/t19-,21-/m0/s1. The summed E-state index contributed by atoms with van der Waals surface area (Å²) in [5.74, 6) is -0.307. The van der Waals surface area contributed by atoms with Gasteiger partial charge in [0.15, 0.2) is 0 Å². The molecule has 2 aliphatic heterocycles. The molecule has 0 saturated carbocycles. The average molecular weight is 399 g/mol. The van der Waals surface area contributed by atoms with Crippen LogP contribution in [0.1, 0.15) is 36.7 Å². The molecule has 1 amide bonds. The Morgan fingerprint density at radius 1 is 1.28 bits per heavy atom. The summed E-state index contributed by atoms with van der Waals surface area (Å²) in [5.41, 5.74) is -0.334. The van der Waals surface area contributed by atoms with E-state index in [-0.39, 0.29) is 24.7 Å². The molecular weight excluding hydrogens is 370 g/mol. The summed E-state index contributed by atoms with van der Waals surface area (Å²) in [6.45, 7) is 4.55. The van der Waals surface area contributed by atoms with E-state index in [1.165, 1.54) is 0 Å². The lowest BCUT2D eigenvalue weighted by atomic mass is 9.75. The first-order valence-corrected chi connectivity index (χ1v) is 10.3. The number of aliphatic hydroxyl groups excluding tert-OH is 1. The van der Waals surface area contributed by atoms with E-state index in [0.717, 1.165) is 36.8 Å². The number of ether oxygens (including phenoxy) is 1. The van der Waals surface area contributed by atoms with Crippen molar-refractivity contribution in [2.24, 2.45) is 0 Å². The summed E-state index contributed by atoms with van der Waals surface area (Å²) >= 11 is 0. The molecule has 2 fully saturated rings. The average Bonchev–Trinajstić information content (AvgIpc) is 2.71. The fraction of sp³-hybridized carbons (Fsp3) is 0.545. The minimum Gasteiger partial charge on any atom is -0.395 e. The molecule has 1 aromatic heterocycles. The molecule has 2 aromatic rings. The number of β-amino-alcohol motifs (C(OH)–C–C–N with tert-alkyl or cyclic N) is 1. The van der Waals surface area contributed by atoms with Crippen molar-refractivity contribution in [2.75, 3.05) is 32.8 Å². The summed E-state index contributed by atoms with van der Waals surface area (Å²) in [6, 6.07) is 10.7. The van der Waals surface area contributed by atoms with Crippen LogP contribution < -0.4 is 5.32 Å². The van der Waals surface area contributed by atoms with E-state index in [0.29, 0.717) is 18.7 Å². The highest BCUT2D eigenvalue weighted by Gasteiger charge is 2.49. The van der Waals surface area contributed by atoms with Crippen molar-refractivity contribution in [2.45, 2.75) is 43.4 Å². The Labute approximate surface area is 170 Å². The number of para-hydroxylation sites is 1. The number of fused-ring (bicyclic) bond motifs is 1. The number of aliphatic hydroxyl groups is 2. The lowest BCUT2D eigenvalue weighted by Crippen LogP contribution is -2.64. The van der Waals surface area contributed by atoms with Crippen molar-refractivity contribution in [3.05, 3.63) is 42.1 Å². The Hall–Kier alpha value is -2.06. The summed E-state index contributed by atoms with van der Waals surface area (Å²) in [4.78, 5) is 19.4. The second kappa shape index (κ2) is 7.99. The molecule has 7 heteroatoms. The van der Waals surface area contributed by atoms with Crippen LogP contribution in [0.2, 0.25) is 0 Å². The molecule has 3 heterocycles. The number of piperidine rings is 1. The molecule has 4 rings (SSSR count). The topological polar surface area (TPSA) is 94.9 Å². The first-order valence-electron chi connectivity index (χ1n) is 10.3. The van der Waals surface area contributed by atoms with E-state index < -0.39 is 11.6 Å². The monoisotopic (exact) mass is 399 g/mol. The molecule has 0 aliphatic carbocycles. The molecule has 2 saturated heterocycles. The predicted octanol–water partition coefficient (Wildman–Crippen LogP) is 1.33. The number of likely N-dealkylation sites (tertiary alicyclic amines) is 1. The molecule has 0 bridgehead atoms. The maximum atomic E-state index is 12.8. The van der Waals surface area contributed by atoms with Crippen molar-refractivity contribution >= 4 is 16.8 Å². The quantitative estimate of drug-likeness (QED) is 0.718. The summed E-state index contributed by atoms with van der Waals surface area (Å²) in [5, 5.41) is 24.1. The Balaban J connectivity index is 1.41. The van der Waals surface area contributed by atoms with Gasteiger partial charge in [0.1, 0.15) is 5.69 Å². The third kappa shape index (κ3) is 4.28. The molecule has 7 nitrogen and oxygen atoms in total. The summed E-state index contributed by atoms with van der Waals surface area (Å²) in [7, 11) is 0. The van der Waals surface area contributed by atoms with Gasteiger partial charge >= 0.3 is 0 Å². The van der Waals surface area contributed by atoms with Gasteiger partial charge in [-0.2, -0.15) is 0 Å². The fourth-order valence-corrected chi connectivity index (χ4v) is 4.53. The predicted molar refractivity (Wildman–Crippen MR) is 110 cm³/mol. The number of hydrogen-bond acceptors (Lipinski definition) is 6. The molecular formula is C22H29N3O4. The molecule has 3 N–H and O–H groups in total. The maximum absolute atomic E-state index is 12.8. The minimum atomic E-state index is -1.07. The lowest BCUT2D eigenvalue weighted by molar-refractivity contribution is -0.186. The second-order valence-electron chi connectivity index (χ2n) is 8.51. The van der Waals surface area contributed by atoms with Crippen LogP contribution in [0.25, 0.3) is 10.9 Å². The zero-order valence-electron chi connectivity index (χ0n) is 16.8. The van der Waals surface area contributed by atoms with E-state index in [1.807, 2.05) is 30.3 Å². The number of carbonyl (C=O) groups is 1. The van der Waals surface area contributed by atoms with Gasteiger partial charge in [0, 0.05) is 31.4 Å². The van der Waals surface area contributed by atoms with E-state index in [4.69, 9.17) is 9.84 Å². The first kappa shape index (κ1) is 20.2. The molecule has 2 atom stereocenters. The van der Waals surface area contributed by atoms with Crippen LogP contribution in [0.3, 0.4) is 0 Å². The highest BCUT2D eigenvalue weighted by atomic mass is 16.5. The van der Waals surface area contributed by atoms with Crippen LogP contribution in [0.5, 0.6) is 0 Å². The molecule has 1 aromatic carbocycles. The number of hydrogen-bond donors (Lipinski definition) is 3. The summed E-state index contributed by atoms with van der Waals surface area (Å²) < 4.78 is 6.20. The number of nitrogens with zero attached hydrogens (tertiary/aromatic N) is 2. The molecule has 156 valence electrons. The highest BCUT2D eigenvalue weighted by molar-refractivity contribution is 5.95. The van der Waals surface area contributed by atoms with Crippen LogP contribution in [0.15, 0.2) is 36.4 Å². The Morgan fingerprint density at radius 2 is 2.03 bits per heavy atom. The van der Waals surface area contributed by atoms with Crippen LogP contribution >= 0.6 is 0 Å². The second-order valence-corrected chi connectivity index (χ2v) is 8.51. The van der Waals surface area contributed by atoms with Gasteiger partial charge in [-0.05, 0) is 31.9 Å². The largest absolute Gasteiger partial charge is 0.395 e. The number of pyridine rings is 1. The zero-order chi connectivity index (χ0) is 20.5. The fourth-order valence-electron chi connectivity index (χ4n) is 4.53. The van der Waals surface area contributed by atoms with Gasteiger partial charge in [0.05, 0.1) is 36.0 Å². The number of benzene rings is 1. The highest BCUT2D eigenvalue weighted by Crippen LogP contribution is 2.39. The van der Waals surface area contributed by atoms with Crippen LogP contribution in [0, 0.1) is 0 Å². The number of carbonyl (C=O) groups excluding carboxylic acids is 1. The molecule has 2 aliphatic rings. The lowest BCUT2D eigenvalue weighted by Gasteiger charge is -2.51. The third-order valence-electron chi connectivity index (χ3n) is 6.31. The minimum absolute atomic E-state index is 0.155. The van der Waals surface area contributed by atoms with E-state index >= 15 is 0 Å². The zero-order valence-corrected chi connectivity index (χ0v) is 16.8. The van der Waals surface area contributed by atoms with Gasteiger partial charge in [0.2, 0.25) is 0 Å². The van der Waals surface area contributed by atoms with Crippen molar-refractivity contribution in [3.8, 4) is 0 Å². The first-order chi connectivity index (χ1) is 13.9. The van der Waals surface area contributed by atoms with Crippen molar-refractivity contribution in [3.63, 3.8) is 0 Å². The SMILES string of the molecule is C[C@]1(O)CC2(CCN(CCO)CC2)OC[C@@H]1NC(=O)c1ccc2ccccc2n1. The van der Waals surface area contributed by atoms with E-state index in [1.54, 1.807) is 13.0 Å². The Bertz CT molecular complexity index is 877. The number of aromatic nitrogens is 1. The van der Waals surface area contributed by atoms with Gasteiger partial charge in [0.25, 0.3) is 5.91 Å². The van der Waals surface area contributed by atoms with Crippen molar-refractivity contribution in [1.82, 2.24) is 15.2 Å². The molecule has 1 spiro atoms. The third-order valence-corrected chi connectivity index (χ3v) is 6.31. The van der Waals surface area contributed by atoms with Crippen molar-refractivity contribution < 1.29 is 19.7 Å². The van der Waals surface area contributed by atoms with Crippen LogP contribution in [-0.2, 0) is 4.74 Å². The van der Waals surface area contributed by atoms with Gasteiger partial charge in [-0.3, -0.25) is 4.79 Å². The van der Waals surface area contributed by atoms with Gasteiger partial charge in [-0.1, -0.05) is 24.3 Å². The van der Waals surface area contributed by atoms with Gasteiger partial charge < -0.3 is 25.2 Å². The molecule has 0 unspecified atom stereocenters. The summed E-state index contributed by atoms with van der Waals surface area (Å²) in [6.07, 6.45) is 2.11. The van der Waals surface area contributed by atoms with E-state index in [9.17, 15) is 9.90 Å². The van der Waals surface area contributed by atoms with Gasteiger partial charge in [-0.15, -0.1) is 0 Å². The van der Waals surface area contributed by atoms with E-state index in [2.05, 4.69) is 15.2 Å². The number of nitrogens with one attached hydrogen (secondary N) is 1. The smallest absolute Gasteiger partial charge is 0.270 e.